The molecule has 0 aliphatic rings. The van der Waals surface area contributed by atoms with Crippen LogP contribution in [0.4, 0.5) is 0 Å². The average molecular weight is 409 g/mol. The second-order valence-electron chi connectivity index (χ2n) is 5.83. The molecule has 0 saturated carbocycles. The van der Waals surface area contributed by atoms with E-state index >= 15 is 0 Å². The van der Waals surface area contributed by atoms with Gasteiger partial charge in [-0.25, -0.2) is 4.98 Å². The summed E-state index contributed by atoms with van der Waals surface area (Å²) in [7, 11) is 7.18. The van der Waals surface area contributed by atoms with Gasteiger partial charge in [0, 0.05) is 44.5 Å². The lowest BCUT2D eigenvalue weighted by Gasteiger charge is -2.22. The molecule has 0 saturated heterocycles. The van der Waals surface area contributed by atoms with Gasteiger partial charge in [-0.05, 0) is 30.5 Å². The number of aliphatic imine (C=N–C) groups is 1. The van der Waals surface area contributed by atoms with Gasteiger partial charge in [0.05, 0.1) is 14.2 Å². The van der Waals surface area contributed by atoms with Gasteiger partial charge < -0.3 is 19.7 Å². The van der Waals surface area contributed by atoms with Crippen molar-refractivity contribution in [2.75, 3.05) is 47.2 Å². The second-order valence-corrected chi connectivity index (χ2v) is 8.07. The number of thioether (sulfide) groups is 1. The Balaban J connectivity index is 1.73. The minimum atomic E-state index is 0.752. The van der Waals surface area contributed by atoms with Crippen LogP contribution in [0, 0.1) is 0 Å². The summed E-state index contributed by atoms with van der Waals surface area (Å²) in [5.41, 5.74) is 1.20. The van der Waals surface area contributed by atoms with Crippen LogP contribution in [0.15, 0.2) is 39.1 Å². The zero-order valence-corrected chi connectivity index (χ0v) is 18.0. The van der Waals surface area contributed by atoms with E-state index in [9.17, 15) is 0 Å². The number of nitrogens with one attached hydrogen (secondary N) is 1. The van der Waals surface area contributed by atoms with E-state index in [1.54, 1.807) is 37.3 Å². The van der Waals surface area contributed by atoms with E-state index < -0.39 is 0 Å². The number of thiazole rings is 1. The molecule has 0 amide bonds. The van der Waals surface area contributed by atoms with E-state index in [2.05, 4.69) is 33.3 Å². The number of rotatable bonds is 10. The number of hydrogen-bond acceptors (Lipinski definition) is 6. The molecule has 0 unspecified atom stereocenters. The van der Waals surface area contributed by atoms with Crippen LogP contribution in [0.25, 0.3) is 0 Å². The third-order valence-electron chi connectivity index (χ3n) is 4.00. The highest BCUT2D eigenvalue weighted by atomic mass is 32.2. The molecule has 2 rings (SSSR count). The van der Waals surface area contributed by atoms with Gasteiger partial charge in [0.2, 0.25) is 0 Å². The van der Waals surface area contributed by atoms with Crippen molar-refractivity contribution in [3.05, 3.63) is 35.3 Å². The first kappa shape index (κ1) is 21.4. The quantitative estimate of drug-likeness (QED) is 0.281. The molecule has 0 aliphatic heterocycles. The number of ether oxygens (including phenoxy) is 2. The van der Waals surface area contributed by atoms with Crippen LogP contribution >= 0.6 is 23.1 Å². The molecule has 8 heteroatoms. The van der Waals surface area contributed by atoms with E-state index in [-0.39, 0.29) is 0 Å². The second kappa shape index (κ2) is 11.7. The topological polar surface area (TPSA) is 59.0 Å². The smallest absolute Gasteiger partial charge is 0.193 e. The number of likely N-dealkylation sites (N-methyl/N-ethyl adjacent to an activating group) is 1. The van der Waals surface area contributed by atoms with E-state index in [4.69, 9.17) is 9.47 Å². The highest BCUT2D eigenvalue weighted by Crippen LogP contribution is 2.27. The van der Waals surface area contributed by atoms with E-state index in [1.807, 2.05) is 30.8 Å². The Bertz CT molecular complexity index is 708. The van der Waals surface area contributed by atoms with Gasteiger partial charge in [-0.1, -0.05) is 17.8 Å². The van der Waals surface area contributed by atoms with E-state index in [0.717, 1.165) is 53.5 Å². The normalized spacial score (nSPS) is 11.3. The minimum Gasteiger partial charge on any atom is -0.493 e. The Hall–Kier alpha value is -1.93. The summed E-state index contributed by atoms with van der Waals surface area (Å²) < 4.78 is 11.8. The monoisotopic (exact) mass is 408 g/mol. The lowest BCUT2D eigenvalue weighted by Crippen LogP contribution is -2.40. The number of benzene rings is 1. The summed E-state index contributed by atoms with van der Waals surface area (Å²) in [6, 6.07) is 6.04. The molecule has 0 atom stereocenters. The third kappa shape index (κ3) is 6.95. The number of nitrogens with zero attached hydrogens (tertiary/aromatic N) is 3. The Morgan fingerprint density at radius 2 is 2.11 bits per heavy atom. The molecule has 0 aliphatic carbocycles. The van der Waals surface area contributed by atoms with Crippen molar-refractivity contribution in [2.45, 2.75) is 17.2 Å². The van der Waals surface area contributed by atoms with Gasteiger partial charge in [0.1, 0.15) is 4.34 Å². The van der Waals surface area contributed by atoms with Gasteiger partial charge in [-0.2, -0.15) is 0 Å². The van der Waals surface area contributed by atoms with Crippen LogP contribution in [0.5, 0.6) is 11.5 Å². The summed E-state index contributed by atoms with van der Waals surface area (Å²) >= 11 is 3.49. The summed E-state index contributed by atoms with van der Waals surface area (Å²) in [4.78, 5) is 10.8. The van der Waals surface area contributed by atoms with Crippen LogP contribution in [0.3, 0.4) is 0 Å². The maximum atomic E-state index is 5.37. The number of hydrogen-bond donors (Lipinski definition) is 1. The predicted molar refractivity (Wildman–Crippen MR) is 115 cm³/mol. The molecule has 6 nitrogen and oxygen atoms in total. The fourth-order valence-electron chi connectivity index (χ4n) is 2.54. The lowest BCUT2D eigenvalue weighted by molar-refractivity contribution is 0.354. The average Bonchev–Trinajstić information content (AvgIpc) is 3.22. The van der Waals surface area contributed by atoms with Gasteiger partial charge in [0.15, 0.2) is 17.5 Å². The highest BCUT2D eigenvalue weighted by Gasteiger charge is 2.08. The van der Waals surface area contributed by atoms with Crippen LogP contribution in [0.1, 0.15) is 12.0 Å². The highest BCUT2D eigenvalue weighted by molar-refractivity contribution is 8.00. The Kier molecular flexibility index (Phi) is 9.27. The van der Waals surface area contributed by atoms with Crippen molar-refractivity contribution < 1.29 is 9.47 Å². The Morgan fingerprint density at radius 3 is 2.78 bits per heavy atom. The molecule has 0 spiro atoms. The number of guanidine groups is 1. The van der Waals surface area contributed by atoms with Crippen molar-refractivity contribution >= 4 is 29.1 Å². The standard InChI is InChI=1S/C19H28N4O2S2/c1-20-18(21-9-5-12-26-19-22-10-13-27-19)23(2)11-8-15-6-7-16(24-3)17(14-15)25-4/h6-7,10,13-14H,5,8-9,11-12H2,1-4H3,(H,20,21). The fourth-order valence-corrected chi connectivity index (χ4v) is 4.18. The Labute approximate surface area is 170 Å². The molecular weight excluding hydrogens is 380 g/mol. The summed E-state index contributed by atoms with van der Waals surface area (Å²) in [6.07, 6.45) is 3.81. The van der Waals surface area contributed by atoms with Crippen molar-refractivity contribution in [1.29, 1.82) is 0 Å². The molecule has 1 aromatic heterocycles. The summed E-state index contributed by atoms with van der Waals surface area (Å²) in [5.74, 6) is 3.47. The molecule has 1 N–H and O–H groups in total. The largest absolute Gasteiger partial charge is 0.493 e. The molecular formula is C19H28N4O2S2. The number of aromatic nitrogens is 1. The van der Waals surface area contributed by atoms with Gasteiger partial charge in [0.25, 0.3) is 0 Å². The van der Waals surface area contributed by atoms with Crippen LogP contribution < -0.4 is 14.8 Å². The SMILES string of the molecule is CN=C(NCCCSc1nccs1)N(C)CCc1ccc(OC)c(OC)c1. The van der Waals surface area contributed by atoms with Gasteiger partial charge in [-0.15, -0.1) is 11.3 Å². The van der Waals surface area contributed by atoms with Crippen LogP contribution in [-0.4, -0.2) is 63.0 Å². The van der Waals surface area contributed by atoms with Gasteiger partial charge in [-0.3, -0.25) is 4.99 Å². The zero-order chi connectivity index (χ0) is 19.5. The molecule has 2 aromatic rings. The fraction of sp³-hybridized carbons (Fsp3) is 0.474. The Morgan fingerprint density at radius 1 is 1.30 bits per heavy atom. The molecule has 0 fully saturated rings. The molecule has 1 aromatic carbocycles. The zero-order valence-electron chi connectivity index (χ0n) is 16.4. The first-order chi connectivity index (χ1) is 13.2. The third-order valence-corrected chi connectivity index (χ3v) is 6.05. The molecule has 148 valence electrons. The maximum absolute atomic E-state index is 5.37. The van der Waals surface area contributed by atoms with Crippen LogP contribution in [0.2, 0.25) is 0 Å². The van der Waals surface area contributed by atoms with Crippen molar-refractivity contribution in [3.63, 3.8) is 0 Å². The molecule has 1 heterocycles. The molecule has 27 heavy (non-hydrogen) atoms. The summed E-state index contributed by atoms with van der Waals surface area (Å²) in [5, 5.41) is 5.44. The molecule has 0 bridgehead atoms. The number of methoxy groups -OCH3 is 2. The summed E-state index contributed by atoms with van der Waals surface area (Å²) in [6.45, 7) is 1.76. The van der Waals surface area contributed by atoms with Crippen LogP contribution in [-0.2, 0) is 6.42 Å². The minimum absolute atomic E-state index is 0.752. The predicted octanol–water partition coefficient (Wildman–Crippen LogP) is 3.39. The first-order valence-electron chi connectivity index (χ1n) is 8.83. The van der Waals surface area contributed by atoms with Crippen molar-refractivity contribution in [2.24, 2.45) is 4.99 Å². The maximum Gasteiger partial charge on any atom is 0.193 e. The lowest BCUT2D eigenvalue weighted by atomic mass is 10.1. The first-order valence-corrected chi connectivity index (χ1v) is 10.7. The van der Waals surface area contributed by atoms with Crippen molar-refractivity contribution in [3.8, 4) is 11.5 Å². The van der Waals surface area contributed by atoms with E-state index in [0.29, 0.717) is 0 Å². The van der Waals surface area contributed by atoms with E-state index in [1.165, 1.54) is 5.56 Å². The molecule has 0 radical (unpaired) electrons. The van der Waals surface area contributed by atoms with Gasteiger partial charge >= 0.3 is 0 Å². The van der Waals surface area contributed by atoms with Crippen molar-refractivity contribution in [1.82, 2.24) is 15.2 Å².